The van der Waals surface area contributed by atoms with Gasteiger partial charge in [-0.05, 0) is 31.6 Å². The van der Waals surface area contributed by atoms with Crippen LogP contribution in [-0.2, 0) is 0 Å². The lowest BCUT2D eigenvalue weighted by Crippen LogP contribution is -2.65. The van der Waals surface area contributed by atoms with Crippen LogP contribution in [0.2, 0.25) is 0 Å². The normalized spacial score (nSPS) is 14.1. The minimum absolute atomic E-state index is 0.124. The highest BCUT2D eigenvalue weighted by Gasteiger charge is 2.49. The van der Waals surface area contributed by atoms with Gasteiger partial charge in [0.1, 0.15) is 0 Å². The van der Waals surface area contributed by atoms with Crippen molar-refractivity contribution in [2.24, 2.45) is 22.8 Å². The molecule has 0 aromatic rings. The van der Waals surface area contributed by atoms with Crippen LogP contribution in [0.3, 0.4) is 0 Å². The topological polar surface area (TPSA) is 52.0 Å². The maximum Gasteiger partial charge on any atom is 0.0697 e. The van der Waals surface area contributed by atoms with Gasteiger partial charge in [-0.2, -0.15) is 0 Å². The first-order valence-electron chi connectivity index (χ1n) is 11.0. The van der Waals surface area contributed by atoms with E-state index >= 15 is 0 Å². The highest BCUT2D eigenvalue weighted by atomic mass is 15.0. The van der Waals surface area contributed by atoms with E-state index in [1.807, 2.05) is 0 Å². The Labute approximate surface area is 153 Å². The maximum absolute atomic E-state index is 6.94. The summed E-state index contributed by atoms with van der Waals surface area (Å²) in [6.07, 6.45) is 17.2. The van der Waals surface area contributed by atoms with E-state index in [9.17, 15) is 0 Å². The van der Waals surface area contributed by atoms with E-state index in [1.54, 1.807) is 0 Å². The summed E-state index contributed by atoms with van der Waals surface area (Å²) in [7, 11) is 0. The summed E-state index contributed by atoms with van der Waals surface area (Å²) in [5.74, 6) is 0.687. The summed E-state index contributed by atoms with van der Waals surface area (Å²) >= 11 is 0. The predicted octanol–water partition coefficient (Wildman–Crippen LogP) is 6.76. The van der Waals surface area contributed by atoms with Crippen molar-refractivity contribution >= 4 is 0 Å². The van der Waals surface area contributed by atoms with E-state index in [4.69, 9.17) is 11.5 Å². The Kier molecular flexibility index (Phi) is 13.1. The molecule has 1 unspecified atom stereocenters. The van der Waals surface area contributed by atoms with Gasteiger partial charge in [0.15, 0.2) is 0 Å². The molecule has 2 nitrogen and oxygen atoms in total. The third-order valence-electron chi connectivity index (χ3n) is 6.15. The minimum atomic E-state index is -0.513. The molecule has 0 aliphatic heterocycles. The van der Waals surface area contributed by atoms with Gasteiger partial charge in [0.05, 0.1) is 5.66 Å². The Balaban J connectivity index is 5.71. The van der Waals surface area contributed by atoms with Crippen LogP contribution in [0.5, 0.6) is 0 Å². The van der Waals surface area contributed by atoms with E-state index in [-0.39, 0.29) is 5.41 Å². The summed E-state index contributed by atoms with van der Waals surface area (Å²) in [5, 5.41) is 0. The second-order valence-electron chi connectivity index (χ2n) is 8.13. The minimum Gasteiger partial charge on any atom is -0.313 e. The van der Waals surface area contributed by atoms with Gasteiger partial charge in [0, 0.05) is 5.41 Å². The monoisotopic (exact) mass is 340 g/mol. The molecule has 4 N–H and O–H groups in total. The van der Waals surface area contributed by atoms with Crippen molar-refractivity contribution in [3.8, 4) is 0 Å². The first kappa shape index (κ1) is 23.9. The number of hydrogen-bond donors (Lipinski definition) is 2. The Morgan fingerprint density at radius 3 is 1.46 bits per heavy atom. The zero-order chi connectivity index (χ0) is 18.5. The van der Waals surface area contributed by atoms with Gasteiger partial charge in [-0.1, -0.05) is 98.8 Å². The largest absolute Gasteiger partial charge is 0.313 e. The average molecular weight is 341 g/mol. The molecule has 0 rings (SSSR count). The second-order valence-corrected chi connectivity index (χ2v) is 8.13. The Morgan fingerprint density at radius 1 is 0.583 bits per heavy atom. The van der Waals surface area contributed by atoms with Gasteiger partial charge >= 0.3 is 0 Å². The Bertz CT molecular complexity index is 278. The van der Waals surface area contributed by atoms with Crippen molar-refractivity contribution in [3.05, 3.63) is 0 Å². The van der Waals surface area contributed by atoms with Gasteiger partial charge in [-0.25, -0.2) is 0 Å². The average Bonchev–Trinajstić information content (AvgIpc) is 2.57. The van der Waals surface area contributed by atoms with Crippen LogP contribution < -0.4 is 11.5 Å². The summed E-state index contributed by atoms with van der Waals surface area (Å²) in [5.41, 5.74) is 13.5. The van der Waals surface area contributed by atoms with Crippen molar-refractivity contribution in [2.45, 2.75) is 130 Å². The lowest BCUT2D eigenvalue weighted by Gasteiger charge is -2.52. The summed E-state index contributed by atoms with van der Waals surface area (Å²) in [6, 6.07) is 0. The summed E-state index contributed by atoms with van der Waals surface area (Å²) < 4.78 is 0. The summed E-state index contributed by atoms with van der Waals surface area (Å²) in [4.78, 5) is 0. The molecule has 0 aliphatic carbocycles. The van der Waals surface area contributed by atoms with E-state index in [0.717, 1.165) is 12.8 Å². The number of hydrogen-bond acceptors (Lipinski definition) is 2. The highest BCUT2D eigenvalue weighted by molar-refractivity contribution is 5.02. The van der Waals surface area contributed by atoms with E-state index in [1.165, 1.54) is 77.0 Å². The first-order chi connectivity index (χ1) is 11.5. The number of rotatable bonds is 16. The lowest BCUT2D eigenvalue weighted by molar-refractivity contribution is 0.00252. The van der Waals surface area contributed by atoms with Crippen LogP contribution in [0.4, 0.5) is 0 Å². The quantitative estimate of drug-likeness (QED) is 0.305. The molecule has 0 aromatic heterocycles. The molecule has 0 saturated carbocycles. The molecule has 0 bridgehead atoms. The zero-order valence-electron chi connectivity index (χ0n) is 17.6. The molecule has 0 aromatic carbocycles. The number of nitrogens with two attached hydrogens (primary N) is 2. The molecule has 1 atom stereocenters. The fourth-order valence-corrected chi connectivity index (χ4v) is 4.58. The molecule has 146 valence electrons. The third-order valence-corrected chi connectivity index (χ3v) is 6.15. The Morgan fingerprint density at radius 2 is 1.04 bits per heavy atom. The van der Waals surface area contributed by atoms with Crippen molar-refractivity contribution in [1.82, 2.24) is 0 Å². The molecule has 0 aliphatic rings. The van der Waals surface area contributed by atoms with E-state index in [2.05, 4.69) is 34.6 Å². The van der Waals surface area contributed by atoms with Crippen LogP contribution in [0.15, 0.2) is 0 Å². The molecule has 0 saturated heterocycles. The molecule has 0 spiro atoms. The van der Waals surface area contributed by atoms with E-state index < -0.39 is 5.66 Å². The standard InChI is InChI=1S/C22H48N2/c1-6-11-16-20(15-10-5)21(17-12-7-2,18-13-8-3)22(23,24)19-14-9-4/h20H,6-19,23-24H2,1-5H3. The fraction of sp³-hybridized carbons (Fsp3) is 1.00. The molecule has 0 fully saturated rings. The molecule has 0 amide bonds. The van der Waals surface area contributed by atoms with Gasteiger partial charge in [-0.15, -0.1) is 0 Å². The van der Waals surface area contributed by atoms with Gasteiger partial charge < -0.3 is 11.5 Å². The number of unbranched alkanes of at least 4 members (excludes halogenated alkanes) is 4. The molecular formula is C22H48N2. The van der Waals surface area contributed by atoms with Crippen LogP contribution >= 0.6 is 0 Å². The molecule has 0 radical (unpaired) electrons. The zero-order valence-corrected chi connectivity index (χ0v) is 17.6. The van der Waals surface area contributed by atoms with Crippen LogP contribution in [-0.4, -0.2) is 5.66 Å². The maximum atomic E-state index is 6.94. The third kappa shape index (κ3) is 7.04. The van der Waals surface area contributed by atoms with Crippen molar-refractivity contribution in [2.75, 3.05) is 0 Å². The van der Waals surface area contributed by atoms with Gasteiger partial charge in [0.25, 0.3) is 0 Å². The van der Waals surface area contributed by atoms with Crippen molar-refractivity contribution in [1.29, 1.82) is 0 Å². The van der Waals surface area contributed by atoms with Crippen LogP contribution in [0.25, 0.3) is 0 Å². The van der Waals surface area contributed by atoms with Crippen molar-refractivity contribution < 1.29 is 0 Å². The van der Waals surface area contributed by atoms with Crippen LogP contribution in [0, 0.1) is 11.3 Å². The van der Waals surface area contributed by atoms with Gasteiger partial charge in [-0.3, -0.25) is 0 Å². The fourth-order valence-electron chi connectivity index (χ4n) is 4.58. The predicted molar refractivity (Wildman–Crippen MR) is 110 cm³/mol. The summed E-state index contributed by atoms with van der Waals surface area (Å²) in [6.45, 7) is 11.5. The molecule has 2 heteroatoms. The SMILES string of the molecule is CCCCC(CCC)C(CCCC)(CCCC)C(N)(N)CCCC. The first-order valence-corrected chi connectivity index (χ1v) is 11.0. The van der Waals surface area contributed by atoms with E-state index in [0.29, 0.717) is 5.92 Å². The Hall–Kier alpha value is -0.0800. The molecular weight excluding hydrogens is 292 g/mol. The smallest absolute Gasteiger partial charge is 0.0697 e. The lowest BCUT2D eigenvalue weighted by atomic mass is 9.58. The second kappa shape index (κ2) is 13.2. The van der Waals surface area contributed by atoms with Crippen molar-refractivity contribution in [3.63, 3.8) is 0 Å². The highest BCUT2D eigenvalue weighted by Crippen LogP contribution is 2.50. The molecule has 24 heavy (non-hydrogen) atoms. The van der Waals surface area contributed by atoms with Crippen LogP contribution in [0.1, 0.15) is 125 Å². The molecule has 0 heterocycles. The van der Waals surface area contributed by atoms with Gasteiger partial charge in [0.2, 0.25) is 0 Å².